The second-order valence-electron chi connectivity index (χ2n) is 4.36. The summed E-state index contributed by atoms with van der Waals surface area (Å²) in [6.45, 7) is 3.48. The lowest BCUT2D eigenvalue weighted by Gasteiger charge is -2.08. The molecule has 2 nitrogen and oxygen atoms in total. The van der Waals surface area contributed by atoms with Crippen molar-refractivity contribution in [3.63, 3.8) is 0 Å². The predicted molar refractivity (Wildman–Crippen MR) is 73.5 cm³/mol. The zero-order chi connectivity index (χ0) is 12.5. The maximum atomic E-state index is 11.4. The molecular formula is C16H13NO. The molecule has 0 aromatic heterocycles. The quantitative estimate of drug-likeness (QED) is 0.678. The highest BCUT2D eigenvalue weighted by atomic mass is 16.1. The molecule has 1 aliphatic rings. The summed E-state index contributed by atoms with van der Waals surface area (Å²) in [6.07, 6.45) is 2.17. The van der Waals surface area contributed by atoms with Gasteiger partial charge in [0, 0.05) is 12.1 Å². The molecule has 3 rings (SSSR count). The topological polar surface area (TPSA) is 29.1 Å². The van der Waals surface area contributed by atoms with Crippen molar-refractivity contribution in [3.8, 4) is 11.1 Å². The summed E-state index contributed by atoms with van der Waals surface area (Å²) in [7, 11) is 0. The number of amides is 1. The fourth-order valence-corrected chi connectivity index (χ4v) is 2.46. The van der Waals surface area contributed by atoms with Gasteiger partial charge in [-0.3, -0.25) is 4.79 Å². The Morgan fingerprint density at radius 1 is 1.11 bits per heavy atom. The molecule has 0 saturated heterocycles. The van der Waals surface area contributed by atoms with E-state index in [1.165, 1.54) is 28.3 Å². The first-order chi connectivity index (χ1) is 8.79. The van der Waals surface area contributed by atoms with Gasteiger partial charge in [0.25, 0.3) is 0 Å². The number of carbonyl (C=O) groups excluding carboxylic acids is 1. The van der Waals surface area contributed by atoms with Gasteiger partial charge in [0.05, 0.1) is 0 Å². The first-order valence-corrected chi connectivity index (χ1v) is 5.93. The lowest BCUT2D eigenvalue weighted by molar-refractivity contribution is -0.111. The van der Waals surface area contributed by atoms with Crippen molar-refractivity contribution in [1.29, 1.82) is 0 Å². The van der Waals surface area contributed by atoms with Gasteiger partial charge in [0.2, 0.25) is 5.91 Å². The summed E-state index contributed by atoms with van der Waals surface area (Å²) in [5.41, 5.74) is 5.87. The zero-order valence-electron chi connectivity index (χ0n) is 9.94. The second kappa shape index (κ2) is 4.15. The molecule has 18 heavy (non-hydrogen) atoms. The van der Waals surface area contributed by atoms with Crippen molar-refractivity contribution in [1.82, 2.24) is 0 Å². The van der Waals surface area contributed by atoms with Crippen molar-refractivity contribution in [2.75, 3.05) is 5.32 Å². The van der Waals surface area contributed by atoms with E-state index in [9.17, 15) is 4.79 Å². The van der Waals surface area contributed by atoms with Crippen LogP contribution in [0.3, 0.4) is 0 Å². The molecule has 1 N–H and O–H groups in total. The summed E-state index contributed by atoms with van der Waals surface area (Å²) in [5.74, 6) is -0.167. The molecule has 0 radical (unpaired) electrons. The van der Waals surface area contributed by atoms with Gasteiger partial charge in [0.15, 0.2) is 0 Å². The van der Waals surface area contributed by atoms with Crippen LogP contribution >= 0.6 is 0 Å². The van der Waals surface area contributed by atoms with Crippen LogP contribution in [0.2, 0.25) is 0 Å². The van der Waals surface area contributed by atoms with Crippen LogP contribution in [0.25, 0.3) is 11.1 Å². The van der Waals surface area contributed by atoms with Gasteiger partial charge < -0.3 is 5.32 Å². The second-order valence-corrected chi connectivity index (χ2v) is 4.36. The number of rotatable bonds is 2. The first kappa shape index (κ1) is 10.8. The third kappa shape index (κ3) is 1.63. The highest BCUT2D eigenvalue weighted by Gasteiger charge is 2.20. The number of nitrogens with one attached hydrogen (secondary N) is 1. The Balaban J connectivity index is 2.08. The van der Waals surface area contributed by atoms with Crippen LogP contribution in [0.1, 0.15) is 11.1 Å². The van der Waals surface area contributed by atoms with Crippen LogP contribution in [0, 0.1) is 0 Å². The third-order valence-corrected chi connectivity index (χ3v) is 3.29. The normalized spacial score (nSPS) is 11.6. The SMILES string of the molecule is C=CC(=O)Nc1cccc2c1Cc1ccccc1-2. The monoisotopic (exact) mass is 235 g/mol. The smallest absolute Gasteiger partial charge is 0.247 e. The van der Waals surface area contributed by atoms with Crippen LogP contribution in [0.5, 0.6) is 0 Å². The van der Waals surface area contributed by atoms with E-state index in [0.29, 0.717) is 0 Å². The van der Waals surface area contributed by atoms with Crippen LogP contribution in [0.4, 0.5) is 5.69 Å². The number of fused-ring (bicyclic) bond motifs is 3. The minimum absolute atomic E-state index is 0.167. The number of carbonyl (C=O) groups is 1. The van der Waals surface area contributed by atoms with Crippen molar-refractivity contribution in [3.05, 3.63) is 66.2 Å². The average molecular weight is 235 g/mol. The maximum Gasteiger partial charge on any atom is 0.247 e. The minimum atomic E-state index is -0.167. The molecule has 0 bridgehead atoms. The van der Waals surface area contributed by atoms with E-state index in [0.717, 1.165) is 12.1 Å². The molecule has 1 aliphatic carbocycles. The van der Waals surface area contributed by atoms with E-state index in [1.54, 1.807) is 0 Å². The summed E-state index contributed by atoms with van der Waals surface area (Å²) >= 11 is 0. The number of hydrogen-bond acceptors (Lipinski definition) is 1. The Bertz CT molecular complexity index is 643. The van der Waals surface area contributed by atoms with Crippen molar-refractivity contribution >= 4 is 11.6 Å². The van der Waals surface area contributed by atoms with Crippen molar-refractivity contribution < 1.29 is 4.79 Å². The first-order valence-electron chi connectivity index (χ1n) is 5.93. The molecule has 0 fully saturated rings. The van der Waals surface area contributed by atoms with Crippen LogP contribution < -0.4 is 5.32 Å². The van der Waals surface area contributed by atoms with E-state index >= 15 is 0 Å². The minimum Gasteiger partial charge on any atom is -0.322 e. The van der Waals surface area contributed by atoms with Gasteiger partial charge in [-0.15, -0.1) is 0 Å². The highest BCUT2D eigenvalue weighted by Crippen LogP contribution is 2.39. The number of benzene rings is 2. The summed E-state index contributed by atoms with van der Waals surface area (Å²) < 4.78 is 0. The number of anilines is 1. The average Bonchev–Trinajstić information content (AvgIpc) is 2.78. The summed E-state index contributed by atoms with van der Waals surface area (Å²) in [6, 6.07) is 14.4. The highest BCUT2D eigenvalue weighted by molar-refractivity contribution is 6.00. The standard InChI is InChI=1S/C16H13NO/c1-2-16(18)17-15-9-5-8-13-12-7-4-3-6-11(12)10-14(13)15/h2-9H,1,10H2,(H,17,18). The van der Waals surface area contributed by atoms with Crippen LogP contribution in [-0.4, -0.2) is 5.91 Å². The Kier molecular flexibility index (Phi) is 2.49. The molecule has 0 atom stereocenters. The van der Waals surface area contributed by atoms with Gasteiger partial charge in [-0.05, 0) is 34.4 Å². The molecule has 0 unspecified atom stereocenters. The molecule has 2 aromatic carbocycles. The molecular weight excluding hydrogens is 222 g/mol. The van der Waals surface area contributed by atoms with Crippen molar-refractivity contribution in [2.45, 2.75) is 6.42 Å². The Morgan fingerprint density at radius 2 is 1.89 bits per heavy atom. The Morgan fingerprint density at radius 3 is 2.72 bits per heavy atom. The molecule has 2 aromatic rings. The van der Waals surface area contributed by atoms with Crippen molar-refractivity contribution in [2.24, 2.45) is 0 Å². The fraction of sp³-hybridized carbons (Fsp3) is 0.0625. The van der Waals surface area contributed by atoms with E-state index in [1.807, 2.05) is 24.3 Å². The summed E-state index contributed by atoms with van der Waals surface area (Å²) in [4.78, 5) is 11.4. The van der Waals surface area contributed by atoms with Crippen LogP contribution in [-0.2, 0) is 11.2 Å². The maximum absolute atomic E-state index is 11.4. The van der Waals surface area contributed by atoms with E-state index in [2.05, 4.69) is 30.1 Å². The third-order valence-electron chi connectivity index (χ3n) is 3.29. The Hall–Kier alpha value is -2.35. The Labute approximate surface area is 106 Å². The summed E-state index contributed by atoms with van der Waals surface area (Å²) in [5, 5.41) is 2.87. The number of hydrogen-bond donors (Lipinski definition) is 1. The van der Waals surface area contributed by atoms with Gasteiger partial charge in [0.1, 0.15) is 0 Å². The molecule has 0 saturated carbocycles. The van der Waals surface area contributed by atoms with E-state index in [4.69, 9.17) is 0 Å². The predicted octanol–water partition coefficient (Wildman–Crippen LogP) is 3.38. The lowest BCUT2D eigenvalue weighted by atomic mass is 10.1. The molecule has 0 spiro atoms. The van der Waals surface area contributed by atoms with Gasteiger partial charge in [-0.2, -0.15) is 0 Å². The molecule has 0 aliphatic heterocycles. The molecule has 2 heteroatoms. The molecule has 1 amide bonds. The van der Waals surface area contributed by atoms with E-state index in [-0.39, 0.29) is 5.91 Å². The zero-order valence-corrected chi connectivity index (χ0v) is 9.94. The fourth-order valence-electron chi connectivity index (χ4n) is 2.46. The van der Waals surface area contributed by atoms with Crippen LogP contribution in [0.15, 0.2) is 55.1 Å². The van der Waals surface area contributed by atoms with Gasteiger partial charge >= 0.3 is 0 Å². The lowest BCUT2D eigenvalue weighted by Crippen LogP contribution is -2.09. The van der Waals surface area contributed by atoms with Gasteiger partial charge in [-0.1, -0.05) is 43.0 Å². The molecule has 88 valence electrons. The van der Waals surface area contributed by atoms with Gasteiger partial charge in [-0.25, -0.2) is 0 Å². The largest absolute Gasteiger partial charge is 0.322 e. The van der Waals surface area contributed by atoms with E-state index < -0.39 is 0 Å². The molecule has 0 heterocycles.